The molecular weight excluding hydrogens is 536 g/mol. The van der Waals surface area contributed by atoms with Crippen LogP contribution in [0.4, 0.5) is 0 Å². The highest BCUT2D eigenvalue weighted by Gasteiger charge is 2.69. The molecule has 42 heavy (non-hydrogen) atoms. The van der Waals surface area contributed by atoms with Gasteiger partial charge in [0.1, 0.15) is 28.8 Å². The van der Waals surface area contributed by atoms with Crippen LogP contribution in [0.25, 0.3) is 11.3 Å². The Hall–Kier alpha value is -4.00. The summed E-state index contributed by atoms with van der Waals surface area (Å²) in [6.07, 6.45) is 1.99. The third kappa shape index (κ3) is 4.16. The van der Waals surface area contributed by atoms with E-state index < -0.39 is 52.3 Å². The Kier molecular flexibility index (Phi) is 6.56. The molecule has 7 unspecified atom stereocenters. The lowest BCUT2D eigenvalue weighted by Gasteiger charge is -2.66. The number of rotatable bonds is 3. The van der Waals surface area contributed by atoms with Crippen LogP contribution in [0.5, 0.6) is 5.75 Å². The largest absolute Gasteiger partial charge is 0.482 e. The number of fused-ring (bicyclic) bond motifs is 4. The van der Waals surface area contributed by atoms with Gasteiger partial charge in [-0.05, 0) is 79.3 Å². The Labute approximate surface area is 243 Å². The first-order valence-electron chi connectivity index (χ1n) is 14.2. The van der Waals surface area contributed by atoms with Crippen molar-refractivity contribution in [2.24, 2.45) is 22.7 Å². The van der Waals surface area contributed by atoms with Crippen LogP contribution in [0.1, 0.15) is 74.5 Å². The molecule has 1 aromatic carbocycles. The lowest BCUT2D eigenvalue weighted by molar-refractivity contribution is -0.256. The number of hydrogen-bond acceptors (Lipinski definition) is 9. The molecular formula is C33H34N2O7. The zero-order valence-corrected chi connectivity index (χ0v) is 24.0. The van der Waals surface area contributed by atoms with Gasteiger partial charge in [-0.15, -0.1) is 0 Å². The number of hydrogen-bond donors (Lipinski definition) is 2. The van der Waals surface area contributed by atoms with Crippen LogP contribution < -0.4 is 10.4 Å². The number of ether oxygens (including phenoxy) is 2. The van der Waals surface area contributed by atoms with E-state index in [1.54, 1.807) is 54.9 Å². The topological polar surface area (TPSA) is 143 Å². The standard InChI is InChI=1S/C33H34N2O7/c1-31(2)23-15-25(41-29(38)19-9-7-18(16-34)8-10-19)33(4)28(32(23,3)12-11-24(31)36)27(37)26-22(42-33)14-21(40-30(26)39)20-6-5-13-35-17-20/h5-10,13-14,17,23-25,27-28,36-37H,11-12,15H2,1-4H3. The molecule has 3 heterocycles. The zero-order valence-electron chi connectivity index (χ0n) is 24.0. The second-order valence-corrected chi connectivity index (χ2v) is 12.9. The van der Waals surface area contributed by atoms with Gasteiger partial charge in [-0.25, -0.2) is 9.59 Å². The molecule has 0 amide bonds. The fraction of sp³-hybridized carbons (Fsp3) is 0.455. The van der Waals surface area contributed by atoms with Crippen molar-refractivity contribution in [1.29, 1.82) is 5.26 Å². The molecule has 2 fully saturated rings. The predicted molar refractivity (Wildman–Crippen MR) is 151 cm³/mol. The monoisotopic (exact) mass is 570 g/mol. The Bertz CT molecular complexity index is 1630. The molecule has 0 saturated heterocycles. The van der Waals surface area contributed by atoms with Crippen LogP contribution in [0.3, 0.4) is 0 Å². The van der Waals surface area contributed by atoms with Gasteiger partial charge in [0, 0.05) is 29.9 Å². The molecule has 0 radical (unpaired) electrons. The molecule has 3 aromatic rings. The average Bonchev–Trinajstić information content (AvgIpc) is 2.96. The van der Waals surface area contributed by atoms with Crippen LogP contribution in [0.15, 0.2) is 64.1 Å². The quantitative estimate of drug-likeness (QED) is 0.424. The molecule has 2 N–H and O–H groups in total. The molecule has 1 aliphatic heterocycles. The Balaban J connectivity index is 1.47. The van der Waals surface area contributed by atoms with Gasteiger partial charge in [0.15, 0.2) is 0 Å². The van der Waals surface area contributed by atoms with Crippen LogP contribution >= 0.6 is 0 Å². The zero-order chi connectivity index (χ0) is 30.0. The van der Waals surface area contributed by atoms with Crippen molar-refractivity contribution in [3.05, 3.63) is 82.0 Å². The van der Waals surface area contributed by atoms with E-state index in [2.05, 4.69) is 11.9 Å². The summed E-state index contributed by atoms with van der Waals surface area (Å²) in [6.45, 7) is 7.91. The number of aliphatic hydroxyl groups excluding tert-OH is 2. The summed E-state index contributed by atoms with van der Waals surface area (Å²) >= 11 is 0. The summed E-state index contributed by atoms with van der Waals surface area (Å²) in [6, 6.07) is 13.3. The first kappa shape index (κ1) is 28.1. The number of aliphatic hydroxyl groups is 2. The van der Waals surface area contributed by atoms with Gasteiger partial charge in [0.2, 0.25) is 0 Å². The fourth-order valence-corrected chi connectivity index (χ4v) is 8.06. The molecule has 3 aliphatic rings. The minimum atomic E-state index is -1.27. The van der Waals surface area contributed by atoms with Gasteiger partial charge < -0.3 is 24.1 Å². The number of aromatic nitrogens is 1. The number of carbonyl (C=O) groups excluding carboxylic acids is 1. The molecule has 0 spiro atoms. The van der Waals surface area contributed by atoms with E-state index in [0.717, 1.165) is 0 Å². The summed E-state index contributed by atoms with van der Waals surface area (Å²) < 4.78 is 18.6. The molecule has 9 heteroatoms. The fourth-order valence-electron chi connectivity index (χ4n) is 8.06. The van der Waals surface area contributed by atoms with Crippen molar-refractivity contribution >= 4 is 5.97 Å². The summed E-state index contributed by atoms with van der Waals surface area (Å²) in [5.74, 6) is -1.00. The normalized spacial score (nSPS) is 32.7. The number of benzene rings is 1. The number of nitrogens with zero attached hydrogens (tertiary/aromatic N) is 2. The van der Waals surface area contributed by atoms with E-state index >= 15 is 0 Å². The molecule has 218 valence electrons. The van der Waals surface area contributed by atoms with Crippen molar-refractivity contribution in [3.8, 4) is 23.1 Å². The number of esters is 1. The molecule has 0 bridgehead atoms. The highest BCUT2D eigenvalue weighted by Crippen LogP contribution is 2.67. The number of pyridine rings is 1. The van der Waals surface area contributed by atoms with Gasteiger partial charge in [-0.2, -0.15) is 5.26 Å². The van der Waals surface area contributed by atoms with E-state index in [-0.39, 0.29) is 28.6 Å². The molecule has 2 aromatic heterocycles. The Morgan fingerprint density at radius 2 is 1.88 bits per heavy atom. The van der Waals surface area contributed by atoms with E-state index in [1.165, 1.54) is 0 Å². The second kappa shape index (κ2) is 9.79. The SMILES string of the molecule is CC1(C)C(O)CCC2(C)C1CC(OC(=O)c1ccc(C#N)cc1)C1(C)Oc3cc(-c4cccnc4)oc(=O)c3C(O)C21. The third-order valence-corrected chi connectivity index (χ3v) is 10.3. The first-order chi connectivity index (χ1) is 19.9. The first-order valence-corrected chi connectivity index (χ1v) is 14.2. The lowest BCUT2D eigenvalue weighted by Crippen LogP contribution is -2.70. The molecule has 9 nitrogen and oxygen atoms in total. The van der Waals surface area contributed by atoms with Crippen LogP contribution in [-0.4, -0.2) is 39.0 Å². The van der Waals surface area contributed by atoms with Gasteiger partial charge in [-0.1, -0.05) is 20.8 Å². The van der Waals surface area contributed by atoms with E-state index in [4.69, 9.17) is 19.2 Å². The summed E-state index contributed by atoms with van der Waals surface area (Å²) in [5.41, 5.74) is -1.75. The smallest absolute Gasteiger partial charge is 0.345 e. The van der Waals surface area contributed by atoms with Gasteiger partial charge in [0.05, 0.1) is 29.4 Å². The highest BCUT2D eigenvalue weighted by molar-refractivity contribution is 5.89. The van der Waals surface area contributed by atoms with Crippen molar-refractivity contribution in [2.45, 2.75) is 70.9 Å². The number of carbonyl (C=O) groups is 1. The van der Waals surface area contributed by atoms with Gasteiger partial charge in [0.25, 0.3) is 0 Å². The van der Waals surface area contributed by atoms with Crippen molar-refractivity contribution < 1.29 is 28.9 Å². The Morgan fingerprint density at radius 1 is 1.14 bits per heavy atom. The van der Waals surface area contributed by atoms with Crippen molar-refractivity contribution in [3.63, 3.8) is 0 Å². The second-order valence-electron chi connectivity index (χ2n) is 12.9. The molecule has 2 saturated carbocycles. The molecule has 7 atom stereocenters. The van der Waals surface area contributed by atoms with E-state index in [1.807, 2.05) is 26.8 Å². The van der Waals surface area contributed by atoms with Gasteiger partial charge in [-0.3, -0.25) is 4.98 Å². The number of nitriles is 1. The summed E-state index contributed by atoms with van der Waals surface area (Å²) in [7, 11) is 0. The van der Waals surface area contributed by atoms with Crippen LogP contribution in [0.2, 0.25) is 0 Å². The minimum Gasteiger partial charge on any atom is -0.482 e. The maximum Gasteiger partial charge on any atom is 0.345 e. The minimum absolute atomic E-state index is 0.0353. The van der Waals surface area contributed by atoms with Crippen molar-refractivity contribution in [2.75, 3.05) is 0 Å². The van der Waals surface area contributed by atoms with Gasteiger partial charge >= 0.3 is 11.6 Å². The predicted octanol–water partition coefficient (Wildman–Crippen LogP) is 4.81. The van der Waals surface area contributed by atoms with Crippen LogP contribution in [-0.2, 0) is 4.74 Å². The Morgan fingerprint density at radius 3 is 2.55 bits per heavy atom. The van der Waals surface area contributed by atoms with E-state index in [0.29, 0.717) is 30.4 Å². The lowest BCUT2D eigenvalue weighted by atomic mass is 9.43. The summed E-state index contributed by atoms with van der Waals surface area (Å²) in [5, 5.41) is 32.3. The maximum absolute atomic E-state index is 13.5. The molecule has 2 aliphatic carbocycles. The molecule has 6 rings (SSSR count). The summed E-state index contributed by atoms with van der Waals surface area (Å²) in [4.78, 5) is 31.0. The average molecular weight is 571 g/mol. The van der Waals surface area contributed by atoms with E-state index in [9.17, 15) is 19.8 Å². The van der Waals surface area contributed by atoms with Crippen LogP contribution in [0, 0.1) is 34.0 Å². The van der Waals surface area contributed by atoms with Crippen molar-refractivity contribution in [1.82, 2.24) is 4.98 Å². The maximum atomic E-state index is 13.5. The highest BCUT2D eigenvalue weighted by atomic mass is 16.6. The third-order valence-electron chi connectivity index (χ3n) is 10.3.